The second-order valence-corrected chi connectivity index (χ2v) is 19.5. The van der Waals surface area contributed by atoms with Gasteiger partial charge < -0.3 is 9.32 Å². The Morgan fingerprint density at radius 2 is 0.754 bits per heavy atom. The van der Waals surface area contributed by atoms with Crippen molar-refractivity contribution in [2.24, 2.45) is 0 Å². The topological polar surface area (TPSA) is 16.4 Å². The molecule has 0 aliphatic carbocycles. The second kappa shape index (κ2) is 15.5. The SMILES string of the molecule is c1ccc(-c2ccc3oc4ccc(N(c5ccc(-c6cccc7ccccc67)cc5)c5ccc([Si](c6ccccc6)(c6ccccc6)c6ccccc6)cc5)cc4c3c2)cc1. The highest BCUT2D eigenvalue weighted by molar-refractivity contribution is 7.19. The van der Waals surface area contributed by atoms with Crippen LogP contribution in [0.4, 0.5) is 17.1 Å². The summed E-state index contributed by atoms with van der Waals surface area (Å²) in [6.45, 7) is 0. The lowest BCUT2D eigenvalue weighted by Gasteiger charge is -2.35. The van der Waals surface area contributed by atoms with Gasteiger partial charge in [0.2, 0.25) is 0 Å². The van der Waals surface area contributed by atoms with E-state index in [1.165, 1.54) is 53.8 Å². The molecule has 0 aliphatic rings. The Morgan fingerprint density at radius 3 is 1.38 bits per heavy atom. The first kappa shape index (κ1) is 36.4. The van der Waals surface area contributed by atoms with E-state index in [4.69, 9.17) is 4.42 Å². The molecule has 0 amide bonds. The lowest BCUT2D eigenvalue weighted by atomic mass is 9.98. The van der Waals surface area contributed by atoms with E-state index >= 15 is 0 Å². The Balaban J connectivity index is 1.08. The van der Waals surface area contributed by atoms with E-state index in [9.17, 15) is 0 Å². The van der Waals surface area contributed by atoms with Gasteiger partial charge in [0.1, 0.15) is 11.2 Å². The van der Waals surface area contributed by atoms with Crippen molar-refractivity contribution in [2.45, 2.75) is 0 Å². The second-order valence-electron chi connectivity index (χ2n) is 15.7. The molecular weight excluding hydrogens is 755 g/mol. The van der Waals surface area contributed by atoms with Crippen LogP contribution >= 0.6 is 0 Å². The maximum absolute atomic E-state index is 6.45. The highest BCUT2D eigenvalue weighted by atomic mass is 28.3. The Morgan fingerprint density at radius 1 is 0.295 bits per heavy atom. The third kappa shape index (κ3) is 6.44. The van der Waals surface area contributed by atoms with Gasteiger partial charge in [-0.2, -0.15) is 0 Å². The summed E-state index contributed by atoms with van der Waals surface area (Å²) in [4.78, 5) is 2.38. The molecule has 0 spiro atoms. The summed E-state index contributed by atoms with van der Waals surface area (Å²) < 4.78 is 6.45. The highest BCUT2D eigenvalue weighted by Crippen LogP contribution is 2.40. The van der Waals surface area contributed by atoms with E-state index in [0.717, 1.165) is 39.0 Å². The summed E-state index contributed by atoms with van der Waals surface area (Å²) in [6, 6.07) is 90.6. The maximum atomic E-state index is 6.45. The lowest BCUT2D eigenvalue weighted by molar-refractivity contribution is 0.669. The van der Waals surface area contributed by atoms with Crippen molar-refractivity contribution in [3.05, 3.63) is 249 Å². The van der Waals surface area contributed by atoms with Gasteiger partial charge in [-0.05, 0) is 108 Å². The highest BCUT2D eigenvalue weighted by Gasteiger charge is 2.41. The van der Waals surface area contributed by atoms with Gasteiger partial charge in [0.05, 0.1) is 0 Å². The molecule has 0 aliphatic heterocycles. The zero-order valence-corrected chi connectivity index (χ0v) is 34.5. The van der Waals surface area contributed by atoms with E-state index in [2.05, 4.69) is 254 Å². The third-order valence-corrected chi connectivity index (χ3v) is 17.0. The van der Waals surface area contributed by atoms with Crippen molar-refractivity contribution >= 4 is 78.6 Å². The number of hydrogen-bond donors (Lipinski definition) is 0. The number of benzene rings is 10. The number of furan rings is 1. The number of nitrogens with zero attached hydrogens (tertiary/aromatic N) is 1. The summed E-state index contributed by atoms with van der Waals surface area (Å²) in [6.07, 6.45) is 0. The molecule has 0 fully saturated rings. The minimum atomic E-state index is -2.71. The Hall–Kier alpha value is -7.72. The van der Waals surface area contributed by atoms with Gasteiger partial charge in [0.15, 0.2) is 8.07 Å². The maximum Gasteiger partial charge on any atom is 0.179 e. The molecule has 0 atom stereocenters. The van der Waals surface area contributed by atoms with Crippen LogP contribution in [0.25, 0.3) is 55.0 Å². The molecule has 0 saturated carbocycles. The van der Waals surface area contributed by atoms with Crippen molar-refractivity contribution in [1.29, 1.82) is 0 Å². The average Bonchev–Trinajstić information content (AvgIpc) is 3.71. The molecule has 0 radical (unpaired) electrons. The summed E-state index contributed by atoms with van der Waals surface area (Å²) in [7, 11) is -2.71. The summed E-state index contributed by atoms with van der Waals surface area (Å²) in [5.41, 5.74) is 9.73. The molecule has 0 unspecified atom stereocenters. The minimum absolute atomic E-state index is 0.870. The fourth-order valence-electron chi connectivity index (χ4n) is 9.35. The van der Waals surface area contributed by atoms with Gasteiger partial charge in [0, 0.05) is 27.8 Å². The van der Waals surface area contributed by atoms with Crippen molar-refractivity contribution in [1.82, 2.24) is 0 Å². The van der Waals surface area contributed by atoms with E-state index in [0.29, 0.717) is 0 Å². The molecular formula is C58H41NOSi. The molecule has 2 nitrogen and oxygen atoms in total. The number of fused-ring (bicyclic) bond motifs is 4. The fraction of sp³-hybridized carbons (Fsp3) is 0. The number of anilines is 3. The normalized spacial score (nSPS) is 11.6. The monoisotopic (exact) mass is 795 g/mol. The van der Waals surface area contributed by atoms with Gasteiger partial charge in [-0.25, -0.2) is 0 Å². The molecule has 0 saturated heterocycles. The summed E-state index contributed by atoms with van der Waals surface area (Å²) in [5, 5.41) is 10.1. The minimum Gasteiger partial charge on any atom is -0.456 e. The average molecular weight is 796 g/mol. The van der Waals surface area contributed by atoms with E-state index in [-0.39, 0.29) is 0 Å². The smallest absolute Gasteiger partial charge is 0.179 e. The zero-order valence-electron chi connectivity index (χ0n) is 33.5. The van der Waals surface area contributed by atoms with Crippen LogP contribution in [-0.4, -0.2) is 8.07 Å². The molecule has 0 N–H and O–H groups in total. The Bertz CT molecular complexity index is 3170. The van der Waals surface area contributed by atoms with Crippen molar-refractivity contribution in [3.8, 4) is 22.3 Å². The lowest BCUT2D eigenvalue weighted by Crippen LogP contribution is -2.74. The molecule has 10 aromatic carbocycles. The van der Waals surface area contributed by atoms with Crippen LogP contribution in [-0.2, 0) is 0 Å². The van der Waals surface area contributed by atoms with Gasteiger partial charge in [-0.15, -0.1) is 0 Å². The van der Waals surface area contributed by atoms with Gasteiger partial charge >= 0.3 is 0 Å². The number of hydrogen-bond acceptors (Lipinski definition) is 2. The van der Waals surface area contributed by atoms with E-state index in [1.807, 2.05) is 0 Å². The molecule has 11 aromatic rings. The van der Waals surface area contributed by atoms with Crippen LogP contribution in [0, 0.1) is 0 Å². The molecule has 1 heterocycles. The predicted octanol–water partition coefficient (Wildman–Crippen LogP) is 12.9. The molecule has 288 valence electrons. The first-order valence-corrected chi connectivity index (χ1v) is 22.9. The predicted molar refractivity (Wildman–Crippen MR) is 260 cm³/mol. The van der Waals surface area contributed by atoms with Crippen molar-refractivity contribution < 1.29 is 4.42 Å². The molecule has 0 bridgehead atoms. The van der Waals surface area contributed by atoms with Crippen LogP contribution < -0.4 is 25.6 Å². The molecule has 1 aromatic heterocycles. The first-order valence-electron chi connectivity index (χ1n) is 20.9. The number of rotatable bonds is 9. The molecule has 11 rings (SSSR count). The summed E-state index contributed by atoms with van der Waals surface area (Å²) >= 11 is 0. The van der Waals surface area contributed by atoms with Crippen LogP contribution in [0.3, 0.4) is 0 Å². The van der Waals surface area contributed by atoms with E-state index in [1.54, 1.807) is 0 Å². The van der Waals surface area contributed by atoms with E-state index < -0.39 is 8.07 Å². The third-order valence-electron chi connectivity index (χ3n) is 12.2. The van der Waals surface area contributed by atoms with Gasteiger partial charge in [0.25, 0.3) is 0 Å². The molecule has 3 heteroatoms. The Kier molecular flexibility index (Phi) is 9.22. The van der Waals surface area contributed by atoms with Gasteiger partial charge in [-0.3, -0.25) is 0 Å². The van der Waals surface area contributed by atoms with Crippen LogP contribution in [0.5, 0.6) is 0 Å². The van der Waals surface area contributed by atoms with Gasteiger partial charge in [-0.1, -0.05) is 194 Å². The van der Waals surface area contributed by atoms with Crippen molar-refractivity contribution in [3.63, 3.8) is 0 Å². The van der Waals surface area contributed by atoms with Crippen LogP contribution in [0.2, 0.25) is 0 Å². The Labute approximate surface area is 357 Å². The first-order chi connectivity index (χ1) is 30.2. The van der Waals surface area contributed by atoms with Crippen molar-refractivity contribution in [2.75, 3.05) is 4.90 Å². The quantitative estimate of drug-likeness (QED) is 0.107. The standard InChI is InChI=1S/C58H41NOSi/c1-5-16-42(17-6-1)45-30-38-57-55(40-45)56-41-48(35-39-58(56)60-57)59(46-31-28-44(29-32-46)54-27-15-19-43-18-13-14-26-53(43)54)47-33-36-52(37-34-47)61(49-20-7-2-8-21-49,50-22-9-3-10-23-50)51-24-11-4-12-25-51/h1-41H. The van der Waals surface area contributed by atoms with Crippen LogP contribution in [0.15, 0.2) is 253 Å². The fourth-order valence-corrected chi connectivity index (χ4v) is 14.1. The van der Waals surface area contributed by atoms with Crippen LogP contribution in [0.1, 0.15) is 0 Å². The molecule has 61 heavy (non-hydrogen) atoms. The zero-order chi connectivity index (χ0) is 40.6. The largest absolute Gasteiger partial charge is 0.456 e. The summed E-state index contributed by atoms with van der Waals surface area (Å²) in [5.74, 6) is 0.